The summed E-state index contributed by atoms with van der Waals surface area (Å²) in [5, 5.41) is 15.9. The Labute approximate surface area is 297 Å². The molecular weight excluding hydrogens is 677 g/mol. The molecule has 3 aliphatic heterocycles. The molecular formula is C34H52N10O4S2. The molecule has 3 aliphatic rings. The first-order valence-electron chi connectivity index (χ1n) is 16.3. The first-order valence-corrected chi connectivity index (χ1v) is 19.2. The van der Waals surface area contributed by atoms with E-state index in [0.29, 0.717) is 38.0 Å². The fourth-order valence-corrected chi connectivity index (χ4v) is 7.50. The highest BCUT2D eigenvalue weighted by Crippen LogP contribution is 2.25. The van der Waals surface area contributed by atoms with Crippen molar-refractivity contribution in [2.24, 2.45) is 32.0 Å². The summed E-state index contributed by atoms with van der Waals surface area (Å²) in [5.41, 5.74) is 2.93. The Morgan fingerprint density at radius 2 is 1.34 bits per heavy atom. The summed E-state index contributed by atoms with van der Waals surface area (Å²) < 4.78 is 56.1. The van der Waals surface area contributed by atoms with Crippen molar-refractivity contribution in [1.29, 1.82) is 0 Å². The van der Waals surface area contributed by atoms with Crippen LogP contribution in [0.3, 0.4) is 0 Å². The number of aromatic nitrogens is 1. The average Bonchev–Trinajstić information content (AvgIpc) is 3.90. The van der Waals surface area contributed by atoms with Gasteiger partial charge in [0.1, 0.15) is 0 Å². The largest absolute Gasteiger partial charge is 0.384 e. The Morgan fingerprint density at radius 1 is 0.800 bits per heavy atom. The van der Waals surface area contributed by atoms with E-state index < -0.39 is 20.0 Å². The summed E-state index contributed by atoms with van der Waals surface area (Å²) in [5.74, 6) is 1.18. The molecule has 0 spiro atoms. The summed E-state index contributed by atoms with van der Waals surface area (Å²) >= 11 is 0. The van der Waals surface area contributed by atoms with Gasteiger partial charge in [-0.25, -0.2) is 36.3 Å². The molecule has 0 radical (unpaired) electrons. The lowest BCUT2D eigenvalue weighted by Gasteiger charge is -2.19. The van der Waals surface area contributed by atoms with Gasteiger partial charge in [-0.2, -0.15) is 10.2 Å². The minimum atomic E-state index is -3.72. The molecule has 0 saturated carbocycles. The molecule has 0 fully saturated rings. The number of aliphatic imine (C=N–C) groups is 2. The smallest absolute Gasteiger partial charge is 0.264 e. The van der Waals surface area contributed by atoms with Crippen molar-refractivity contribution < 1.29 is 16.8 Å². The van der Waals surface area contributed by atoms with E-state index in [0.717, 1.165) is 48.0 Å². The van der Waals surface area contributed by atoms with Crippen molar-refractivity contribution in [2.75, 3.05) is 38.0 Å². The van der Waals surface area contributed by atoms with Crippen LogP contribution in [0.4, 0.5) is 5.69 Å². The van der Waals surface area contributed by atoms with Gasteiger partial charge in [0.15, 0.2) is 0 Å². The van der Waals surface area contributed by atoms with Gasteiger partial charge in [-0.3, -0.25) is 9.98 Å². The average molecular weight is 729 g/mol. The SMILES string of the molecule is C.C.CCN=C(NS(=O)(=O)c1ccc2[nH]ccc2c1)N1CC(CC)C=N1.CCN=C(NS(=O)(=O)c1ccc2c(c1)CCN2)N1CC(CC)C=N1. The number of fused-ring (bicyclic) bond motifs is 2. The summed E-state index contributed by atoms with van der Waals surface area (Å²) in [4.78, 5) is 12.1. The maximum atomic E-state index is 12.7. The van der Waals surface area contributed by atoms with Crippen LogP contribution in [0.15, 0.2) is 78.6 Å². The molecule has 6 rings (SSSR count). The summed E-state index contributed by atoms with van der Waals surface area (Å²) in [6.07, 6.45) is 8.22. The van der Waals surface area contributed by atoms with E-state index in [1.54, 1.807) is 46.5 Å². The lowest BCUT2D eigenvalue weighted by molar-refractivity contribution is 0.429. The van der Waals surface area contributed by atoms with Crippen LogP contribution in [0.5, 0.6) is 0 Å². The lowest BCUT2D eigenvalue weighted by Crippen LogP contribution is -2.41. The van der Waals surface area contributed by atoms with Crippen LogP contribution >= 0.6 is 0 Å². The number of hydrogen-bond donors (Lipinski definition) is 4. The first-order chi connectivity index (χ1) is 23.1. The van der Waals surface area contributed by atoms with E-state index in [2.05, 4.69) is 53.8 Å². The second-order valence-corrected chi connectivity index (χ2v) is 14.9. The van der Waals surface area contributed by atoms with Crippen LogP contribution in [0.1, 0.15) is 61.0 Å². The van der Waals surface area contributed by atoms with E-state index in [1.165, 1.54) is 0 Å². The van der Waals surface area contributed by atoms with Crippen molar-refractivity contribution in [3.05, 3.63) is 54.2 Å². The zero-order valence-electron chi connectivity index (χ0n) is 27.7. The van der Waals surface area contributed by atoms with Gasteiger partial charge in [-0.1, -0.05) is 28.7 Å². The Morgan fingerprint density at radius 3 is 1.86 bits per heavy atom. The van der Waals surface area contributed by atoms with Crippen LogP contribution in [0.2, 0.25) is 0 Å². The molecule has 0 aliphatic carbocycles. The highest BCUT2D eigenvalue weighted by molar-refractivity contribution is 7.90. The van der Waals surface area contributed by atoms with Gasteiger partial charge in [0.2, 0.25) is 11.9 Å². The number of guanidine groups is 2. The highest BCUT2D eigenvalue weighted by atomic mass is 32.2. The number of benzene rings is 2. The molecule has 4 N–H and O–H groups in total. The van der Waals surface area contributed by atoms with Crippen molar-refractivity contribution >= 4 is 61.0 Å². The van der Waals surface area contributed by atoms with Gasteiger partial charge in [0.05, 0.1) is 22.9 Å². The van der Waals surface area contributed by atoms with Crippen LogP contribution in [0, 0.1) is 11.8 Å². The van der Waals surface area contributed by atoms with Crippen LogP contribution in [-0.4, -0.2) is 88.9 Å². The molecule has 0 amide bonds. The third-order valence-electron chi connectivity index (χ3n) is 8.19. The zero-order valence-corrected chi connectivity index (χ0v) is 29.4. The van der Waals surface area contributed by atoms with Gasteiger partial charge >= 0.3 is 0 Å². The van der Waals surface area contributed by atoms with Crippen molar-refractivity contribution in [3.8, 4) is 0 Å². The molecule has 3 aromatic rings. The molecule has 14 nitrogen and oxygen atoms in total. The van der Waals surface area contributed by atoms with E-state index in [4.69, 9.17) is 0 Å². The summed E-state index contributed by atoms with van der Waals surface area (Å²) in [6, 6.07) is 12.0. The highest BCUT2D eigenvalue weighted by Gasteiger charge is 2.27. The fraction of sp³-hybridized carbons (Fsp3) is 0.471. The van der Waals surface area contributed by atoms with E-state index in [-0.39, 0.29) is 36.6 Å². The molecule has 1 aromatic heterocycles. The van der Waals surface area contributed by atoms with Crippen LogP contribution in [0.25, 0.3) is 10.9 Å². The molecule has 0 saturated heterocycles. The standard InChI is InChI=1S/C16H23N5O2S.C16H21N5O2S.2CH4/c2*1-3-12-10-19-21(11-12)16(17-4-2)20-24(22,23)14-5-6-15-13(9-14)7-8-18-15;;/h5-6,9-10,12,18H,3-4,7-8,11H2,1-2H3,(H,17,20);5-10,12,18H,3-4,11H2,1-2H3,(H,17,20);2*1H4. The molecule has 16 heteroatoms. The predicted molar refractivity (Wildman–Crippen MR) is 205 cm³/mol. The Kier molecular flexibility index (Phi) is 14.0. The Hall–Kier alpha value is -4.44. The number of hydrogen-bond acceptors (Lipinski definition) is 9. The van der Waals surface area contributed by atoms with E-state index in [1.807, 2.05) is 38.4 Å². The maximum Gasteiger partial charge on any atom is 0.264 e. The second-order valence-electron chi connectivity index (χ2n) is 11.6. The number of aromatic amines is 1. The number of nitrogens with zero attached hydrogens (tertiary/aromatic N) is 6. The minimum Gasteiger partial charge on any atom is -0.384 e. The van der Waals surface area contributed by atoms with Gasteiger partial charge in [0, 0.05) is 66.7 Å². The van der Waals surface area contributed by atoms with Crippen LogP contribution in [-0.2, 0) is 26.5 Å². The third-order valence-corrected chi connectivity index (χ3v) is 10.8. The zero-order chi connectivity index (χ0) is 34.3. The number of hydrazone groups is 2. The second kappa shape index (κ2) is 17.5. The Bertz CT molecular complexity index is 1940. The van der Waals surface area contributed by atoms with Gasteiger partial charge < -0.3 is 10.3 Å². The summed E-state index contributed by atoms with van der Waals surface area (Å²) in [6.45, 7) is 11.0. The molecule has 0 bridgehead atoms. The topological polar surface area (TPSA) is 176 Å². The summed E-state index contributed by atoms with van der Waals surface area (Å²) in [7, 11) is -7.41. The Balaban J connectivity index is 0.000000260. The quantitative estimate of drug-likeness (QED) is 0.185. The third kappa shape index (κ3) is 9.41. The van der Waals surface area contributed by atoms with Gasteiger partial charge in [-0.05, 0) is 81.1 Å². The van der Waals surface area contributed by atoms with E-state index >= 15 is 0 Å². The minimum absolute atomic E-state index is 0. The normalized spacial score (nSPS) is 18.6. The number of H-pyrrole nitrogens is 1. The van der Waals surface area contributed by atoms with Crippen LogP contribution < -0.4 is 14.8 Å². The van der Waals surface area contributed by atoms with Crippen molar-refractivity contribution in [1.82, 2.24) is 24.4 Å². The number of rotatable bonds is 8. The van der Waals surface area contributed by atoms with Gasteiger partial charge in [-0.15, -0.1) is 0 Å². The molecule has 2 aromatic carbocycles. The monoisotopic (exact) mass is 728 g/mol. The molecule has 2 atom stereocenters. The van der Waals surface area contributed by atoms with E-state index in [9.17, 15) is 16.8 Å². The first kappa shape index (κ1) is 40.0. The van der Waals surface area contributed by atoms with Gasteiger partial charge in [0.25, 0.3) is 20.0 Å². The lowest BCUT2D eigenvalue weighted by atomic mass is 10.1. The number of anilines is 1. The van der Waals surface area contributed by atoms with Crippen molar-refractivity contribution in [3.63, 3.8) is 0 Å². The number of sulfonamides is 2. The fourth-order valence-electron chi connectivity index (χ4n) is 5.37. The molecule has 50 heavy (non-hydrogen) atoms. The predicted octanol–water partition coefficient (Wildman–Crippen LogP) is 5.06. The molecule has 4 heterocycles. The molecule has 2 unspecified atom stereocenters. The van der Waals surface area contributed by atoms with Crippen molar-refractivity contribution in [2.45, 2.75) is 71.6 Å². The molecule has 274 valence electrons. The maximum absolute atomic E-state index is 12.7. The number of nitrogens with one attached hydrogen (secondary N) is 4.